The summed E-state index contributed by atoms with van der Waals surface area (Å²) in [5.74, 6) is -0.606. The Hall–Kier alpha value is -3.21. The average Bonchev–Trinajstić information content (AvgIpc) is 3.31. The van der Waals surface area contributed by atoms with Gasteiger partial charge in [-0.15, -0.1) is 0 Å². The first kappa shape index (κ1) is 27.8. The lowest BCUT2D eigenvalue weighted by molar-refractivity contribution is -0.137. The number of anilines is 4. The molecule has 0 spiro atoms. The summed E-state index contributed by atoms with van der Waals surface area (Å²) in [4.78, 5) is 7.70. The van der Waals surface area contributed by atoms with Crippen molar-refractivity contribution >= 4 is 23.3 Å². The molecule has 0 amide bonds. The van der Waals surface area contributed by atoms with Gasteiger partial charge in [-0.25, -0.2) is 9.37 Å². The molecular weight excluding hydrogens is 498 g/mol. The molecule has 1 aromatic carbocycles. The maximum atomic E-state index is 14.9. The van der Waals surface area contributed by atoms with Crippen molar-refractivity contribution in [3.05, 3.63) is 52.6 Å². The Morgan fingerprint density at radius 1 is 0.921 bits per heavy atom. The van der Waals surface area contributed by atoms with Gasteiger partial charge in [0.1, 0.15) is 17.2 Å². The number of aromatic nitrogens is 4. The highest BCUT2D eigenvalue weighted by Crippen LogP contribution is 2.37. The number of piperidine rings is 1. The summed E-state index contributed by atoms with van der Waals surface area (Å²) in [5, 5.41) is 15.1. The van der Waals surface area contributed by atoms with E-state index >= 15 is 0 Å². The number of hydrogen-bond acceptors (Lipinski definition) is 6. The fourth-order valence-corrected chi connectivity index (χ4v) is 4.92. The van der Waals surface area contributed by atoms with Gasteiger partial charge in [-0.05, 0) is 81.8 Å². The molecule has 1 saturated heterocycles. The van der Waals surface area contributed by atoms with Crippen molar-refractivity contribution in [3.8, 4) is 0 Å². The fourth-order valence-electron chi connectivity index (χ4n) is 4.92. The van der Waals surface area contributed by atoms with Crippen LogP contribution in [0.1, 0.15) is 79.7 Å². The van der Waals surface area contributed by atoms with Crippen molar-refractivity contribution in [2.24, 2.45) is 0 Å². The third kappa shape index (κ3) is 7.43. The van der Waals surface area contributed by atoms with Crippen molar-refractivity contribution in [1.82, 2.24) is 25.5 Å². The van der Waals surface area contributed by atoms with Gasteiger partial charge in [-0.1, -0.05) is 25.7 Å². The highest BCUT2D eigenvalue weighted by atomic mass is 19.4. The molecule has 2 fully saturated rings. The summed E-state index contributed by atoms with van der Waals surface area (Å²) in [6.07, 6.45) is 5.76. The van der Waals surface area contributed by atoms with Gasteiger partial charge < -0.3 is 16.0 Å². The van der Waals surface area contributed by atoms with Crippen LogP contribution in [0.3, 0.4) is 0 Å². The predicted octanol–water partition coefficient (Wildman–Crippen LogP) is 7.27. The number of H-pyrrole nitrogens is 1. The number of benzene rings is 1. The van der Waals surface area contributed by atoms with Crippen LogP contribution in [0.15, 0.2) is 24.4 Å². The Bertz CT molecular complexity index is 1190. The first-order valence-corrected chi connectivity index (χ1v) is 13.2. The minimum atomic E-state index is -4.67. The van der Waals surface area contributed by atoms with Gasteiger partial charge in [0.2, 0.25) is 5.95 Å². The predicted molar refractivity (Wildman–Crippen MR) is 141 cm³/mol. The Morgan fingerprint density at radius 2 is 1.63 bits per heavy atom. The van der Waals surface area contributed by atoms with Gasteiger partial charge in [0.15, 0.2) is 5.82 Å². The third-order valence-electron chi connectivity index (χ3n) is 6.90. The number of halogens is 4. The van der Waals surface area contributed by atoms with E-state index in [2.05, 4.69) is 36.1 Å². The van der Waals surface area contributed by atoms with E-state index in [4.69, 9.17) is 0 Å². The molecule has 1 aliphatic carbocycles. The molecule has 3 aromatic rings. The molecule has 11 heteroatoms. The Labute approximate surface area is 220 Å². The molecule has 0 unspecified atom stereocenters. The smallest absolute Gasteiger partial charge is 0.323 e. The molecule has 1 saturated carbocycles. The molecule has 7 nitrogen and oxygen atoms in total. The van der Waals surface area contributed by atoms with Crippen molar-refractivity contribution < 1.29 is 17.6 Å². The van der Waals surface area contributed by atoms with Crippen molar-refractivity contribution in [1.29, 1.82) is 0 Å². The summed E-state index contributed by atoms with van der Waals surface area (Å²) in [5.41, 5.74) is 1.65. The lowest BCUT2D eigenvalue weighted by Gasteiger charge is -2.24. The molecule has 0 atom stereocenters. The number of alkyl halides is 3. The zero-order chi connectivity index (χ0) is 27.1. The number of aryl methyl sites for hydroxylation is 2. The first-order valence-electron chi connectivity index (χ1n) is 13.2. The molecule has 2 aromatic heterocycles. The lowest BCUT2D eigenvalue weighted by Crippen LogP contribution is -2.21. The topological polar surface area (TPSA) is 90.6 Å². The van der Waals surface area contributed by atoms with Crippen LogP contribution < -0.4 is 16.0 Å². The van der Waals surface area contributed by atoms with E-state index < -0.39 is 23.4 Å². The van der Waals surface area contributed by atoms with E-state index in [-0.39, 0.29) is 17.5 Å². The average molecular weight is 534 g/mol. The second-order valence-corrected chi connectivity index (χ2v) is 9.97. The minimum Gasteiger partial charge on any atom is -0.323 e. The zero-order valence-electron chi connectivity index (χ0n) is 21.8. The first-order chi connectivity index (χ1) is 18.2. The van der Waals surface area contributed by atoms with Gasteiger partial charge in [-0.2, -0.15) is 23.3 Å². The Balaban J connectivity index is 0.000000494. The number of aromatic amines is 1. The standard InChI is InChI=1S/C22H24F4N6.C5H11N/c1-12-8-18(17(23)10-15(12)14-6-4-3-5-7-14)28-21-27-11-16(22(24,25)26)20(30-21)29-19-9-13(2)31-32-19;1-2-4-6-5-3-1/h8-11,14H,3-7H2,1-2H3,(H3,27,28,29,30,31,32);6H,1-5H2. The van der Waals surface area contributed by atoms with E-state index in [1.807, 2.05) is 6.92 Å². The normalized spacial score (nSPS) is 16.5. The van der Waals surface area contributed by atoms with Crippen LogP contribution in [-0.4, -0.2) is 33.3 Å². The van der Waals surface area contributed by atoms with Gasteiger partial charge in [-0.3, -0.25) is 5.10 Å². The van der Waals surface area contributed by atoms with Gasteiger partial charge in [0, 0.05) is 18.0 Å². The molecule has 206 valence electrons. The van der Waals surface area contributed by atoms with Crippen LogP contribution in [0.25, 0.3) is 0 Å². The Morgan fingerprint density at radius 3 is 2.21 bits per heavy atom. The van der Waals surface area contributed by atoms with Gasteiger partial charge >= 0.3 is 6.18 Å². The van der Waals surface area contributed by atoms with Crippen LogP contribution in [-0.2, 0) is 6.18 Å². The molecule has 0 radical (unpaired) electrons. The molecular formula is C27H35F4N7. The SMILES string of the molecule is C1CCNCC1.Cc1cc(Nc2nc(Nc3cc(C)c(C4CCCCC4)cc3F)ncc2C(F)(F)F)n[nH]1. The van der Waals surface area contributed by atoms with Crippen molar-refractivity contribution in [2.45, 2.75) is 77.3 Å². The van der Waals surface area contributed by atoms with Crippen molar-refractivity contribution in [2.75, 3.05) is 23.7 Å². The summed E-state index contributed by atoms with van der Waals surface area (Å²) in [7, 11) is 0. The van der Waals surface area contributed by atoms with E-state index in [1.54, 1.807) is 19.1 Å². The maximum absolute atomic E-state index is 14.9. The van der Waals surface area contributed by atoms with Crippen LogP contribution in [0.5, 0.6) is 0 Å². The molecule has 2 aliphatic rings. The summed E-state index contributed by atoms with van der Waals surface area (Å²) in [6, 6.07) is 4.72. The number of rotatable bonds is 5. The Kier molecular flexibility index (Phi) is 9.19. The number of nitrogens with one attached hydrogen (secondary N) is 4. The summed E-state index contributed by atoms with van der Waals surface area (Å²) in [6.45, 7) is 6.13. The van der Waals surface area contributed by atoms with E-state index in [0.29, 0.717) is 17.8 Å². The van der Waals surface area contributed by atoms with Crippen LogP contribution in [0.4, 0.5) is 40.8 Å². The molecule has 3 heterocycles. The highest BCUT2D eigenvalue weighted by Gasteiger charge is 2.35. The molecule has 1 aliphatic heterocycles. The van der Waals surface area contributed by atoms with Crippen molar-refractivity contribution in [3.63, 3.8) is 0 Å². The fraction of sp³-hybridized carbons (Fsp3) is 0.519. The number of hydrogen-bond donors (Lipinski definition) is 4. The maximum Gasteiger partial charge on any atom is 0.421 e. The third-order valence-corrected chi connectivity index (χ3v) is 6.90. The lowest BCUT2D eigenvalue weighted by atomic mass is 9.82. The molecule has 0 bridgehead atoms. The number of nitrogens with zero attached hydrogens (tertiary/aromatic N) is 3. The van der Waals surface area contributed by atoms with E-state index in [1.165, 1.54) is 44.8 Å². The summed E-state index contributed by atoms with van der Waals surface area (Å²) >= 11 is 0. The van der Waals surface area contributed by atoms with Crippen LogP contribution in [0, 0.1) is 19.7 Å². The van der Waals surface area contributed by atoms with Gasteiger partial charge in [0.25, 0.3) is 0 Å². The second kappa shape index (κ2) is 12.6. The summed E-state index contributed by atoms with van der Waals surface area (Å²) < 4.78 is 55.1. The highest BCUT2D eigenvalue weighted by molar-refractivity contribution is 5.62. The van der Waals surface area contributed by atoms with Gasteiger partial charge in [0.05, 0.1) is 5.69 Å². The monoisotopic (exact) mass is 533 g/mol. The molecule has 5 rings (SSSR count). The zero-order valence-corrected chi connectivity index (χ0v) is 21.8. The molecule has 38 heavy (non-hydrogen) atoms. The second-order valence-electron chi connectivity index (χ2n) is 9.97. The van der Waals surface area contributed by atoms with E-state index in [9.17, 15) is 17.6 Å². The largest absolute Gasteiger partial charge is 0.421 e. The van der Waals surface area contributed by atoms with E-state index in [0.717, 1.165) is 36.8 Å². The minimum absolute atomic E-state index is 0.114. The molecule has 4 N–H and O–H groups in total. The van der Waals surface area contributed by atoms with Crippen LogP contribution >= 0.6 is 0 Å². The quantitative estimate of drug-likeness (QED) is 0.258. The van der Waals surface area contributed by atoms with Crippen LogP contribution in [0.2, 0.25) is 0 Å².